The third kappa shape index (κ3) is 7.04. The number of anilines is 1. The van der Waals surface area contributed by atoms with Crippen molar-refractivity contribution in [3.05, 3.63) is 29.3 Å². The summed E-state index contributed by atoms with van der Waals surface area (Å²) in [6.45, 7) is 9.20. The van der Waals surface area contributed by atoms with Gasteiger partial charge in [0.2, 0.25) is 11.8 Å². The molecule has 26 heavy (non-hydrogen) atoms. The van der Waals surface area contributed by atoms with Crippen LogP contribution in [0.2, 0.25) is 0 Å². The first-order chi connectivity index (χ1) is 12.2. The Kier molecular flexibility index (Phi) is 8.48. The van der Waals surface area contributed by atoms with E-state index in [4.69, 9.17) is 4.74 Å². The third-order valence-corrected chi connectivity index (χ3v) is 3.86. The maximum absolute atomic E-state index is 12.0. The molecule has 2 amide bonds. The molecule has 0 aliphatic rings. The molecule has 0 aliphatic carbocycles. The van der Waals surface area contributed by atoms with Crippen LogP contribution in [0.4, 0.5) is 5.69 Å². The van der Waals surface area contributed by atoms with Crippen molar-refractivity contribution >= 4 is 29.2 Å². The van der Waals surface area contributed by atoms with Gasteiger partial charge in [-0.2, -0.15) is 5.10 Å². The summed E-state index contributed by atoms with van der Waals surface area (Å²) in [5, 5.41) is 6.69. The molecule has 0 saturated heterocycles. The van der Waals surface area contributed by atoms with E-state index in [2.05, 4.69) is 15.8 Å². The Hall–Kier alpha value is -2.70. The van der Waals surface area contributed by atoms with E-state index in [1.54, 1.807) is 20.8 Å². The molecule has 0 aromatic heterocycles. The lowest BCUT2D eigenvalue weighted by Gasteiger charge is -2.10. The summed E-state index contributed by atoms with van der Waals surface area (Å²) in [6, 6.07) is 5.73. The zero-order chi connectivity index (χ0) is 19.7. The first kappa shape index (κ1) is 21.3. The Labute approximate surface area is 154 Å². The molecule has 0 fully saturated rings. The molecule has 142 valence electrons. The van der Waals surface area contributed by atoms with Crippen LogP contribution in [-0.2, 0) is 19.1 Å². The average Bonchev–Trinajstić information content (AvgIpc) is 2.59. The predicted molar refractivity (Wildman–Crippen MR) is 101 cm³/mol. The molecule has 7 nitrogen and oxygen atoms in total. The highest BCUT2D eigenvalue weighted by Gasteiger charge is 2.17. The van der Waals surface area contributed by atoms with E-state index in [-0.39, 0.29) is 18.7 Å². The number of nitrogens with zero attached hydrogens (tertiary/aromatic N) is 1. The van der Waals surface area contributed by atoms with Crippen molar-refractivity contribution in [2.45, 2.75) is 47.5 Å². The summed E-state index contributed by atoms with van der Waals surface area (Å²) in [5.74, 6) is -1.57. The van der Waals surface area contributed by atoms with Crippen molar-refractivity contribution in [2.75, 3.05) is 11.9 Å². The first-order valence-electron chi connectivity index (χ1n) is 8.61. The Bertz CT molecular complexity index is 698. The molecular weight excluding hydrogens is 334 g/mol. The first-order valence-corrected chi connectivity index (χ1v) is 8.61. The van der Waals surface area contributed by atoms with Gasteiger partial charge in [-0.1, -0.05) is 17.7 Å². The van der Waals surface area contributed by atoms with Crippen LogP contribution in [0.15, 0.2) is 23.3 Å². The van der Waals surface area contributed by atoms with Gasteiger partial charge in [0.1, 0.15) is 0 Å². The van der Waals surface area contributed by atoms with E-state index in [0.29, 0.717) is 12.3 Å². The highest BCUT2D eigenvalue weighted by molar-refractivity contribution is 6.01. The number of carbonyl (C=O) groups is 3. The molecule has 1 atom stereocenters. The molecule has 1 aromatic carbocycles. The summed E-state index contributed by atoms with van der Waals surface area (Å²) in [6.07, 6.45) is 0.0441. The van der Waals surface area contributed by atoms with Gasteiger partial charge in [0.15, 0.2) is 0 Å². The Morgan fingerprint density at radius 1 is 1.15 bits per heavy atom. The molecule has 0 saturated carbocycles. The lowest BCUT2D eigenvalue weighted by Crippen LogP contribution is -2.26. The minimum Gasteiger partial charge on any atom is -0.465 e. The SMILES string of the molecule is CCOC(=O)C(C)C(C)=NNC(=O)CCC(=O)Nc1ccc(C)cc1C. The van der Waals surface area contributed by atoms with Crippen molar-refractivity contribution in [3.8, 4) is 0 Å². The van der Waals surface area contributed by atoms with Gasteiger partial charge in [-0.15, -0.1) is 0 Å². The molecule has 0 spiro atoms. The monoisotopic (exact) mass is 361 g/mol. The second-order valence-electron chi connectivity index (χ2n) is 6.13. The lowest BCUT2D eigenvalue weighted by atomic mass is 10.1. The summed E-state index contributed by atoms with van der Waals surface area (Å²) < 4.78 is 4.90. The van der Waals surface area contributed by atoms with Crippen LogP contribution in [-0.4, -0.2) is 30.1 Å². The van der Waals surface area contributed by atoms with E-state index < -0.39 is 17.8 Å². The minimum absolute atomic E-state index is 0.00130. The van der Waals surface area contributed by atoms with Crippen LogP contribution < -0.4 is 10.7 Å². The van der Waals surface area contributed by atoms with Crippen LogP contribution in [0.25, 0.3) is 0 Å². The summed E-state index contributed by atoms with van der Waals surface area (Å²) >= 11 is 0. The number of hydrogen-bond acceptors (Lipinski definition) is 5. The average molecular weight is 361 g/mol. The molecule has 0 heterocycles. The number of esters is 1. The quantitative estimate of drug-likeness (QED) is 0.423. The number of ether oxygens (including phenoxy) is 1. The number of nitrogens with one attached hydrogen (secondary N) is 2. The molecule has 0 radical (unpaired) electrons. The summed E-state index contributed by atoms with van der Waals surface area (Å²) in [5.41, 5.74) is 5.62. The fourth-order valence-electron chi connectivity index (χ4n) is 2.13. The molecular formula is C19H27N3O4. The smallest absolute Gasteiger partial charge is 0.314 e. The van der Waals surface area contributed by atoms with Gasteiger partial charge >= 0.3 is 5.97 Å². The molecule has 0 bridgehead atoms. The number of hydrogen-bond donors (Lipinski definition) is 2. The molecule has 0 aliphatic heterocycles. The number of hydrazone groups is 1. The van der Waals surface area contributed by atoms with E-state index in [9.17, 15) is 14.4 Å². The van der Waals surface area contributed by atoms with Gasteiger partial charge < -0.3 is 10.1 Å². The molecule has 1 aromatic rings. The second kappa shape index (κ2) is 10.3. The van der Waals surface area contributed by atoms with E-state index in [0.717, 1.165) is 16.8 Å². The highest BCUT2D eigenvalue weighted by Crippen LogP contribution is 2.16. The largest absolute Gasteiger partial charge is 0.465 e. The number of amides is 2. The standard InChI is InChI=1S/C19H27N3O4/c1-6-26-19(25)14(4)15(5)21-22-18(24)10-9-17(23)20-16-8-7-12(2)11-13(16)3/h7-8,11,14H,6,9-10H2,1-5H3,(H,20,23)(H,22,24). The Morgan fingerprint density at radius 3 is 2.42 bits per heavy atom. The van der Waals surface area contributed by atoms with Crippen LogP contribution in [0.5, 0.6) is 0 Å². The van der Waals surface area contributed by atoms with Crippen LogP contribution in [0, 0.1) is 19.8 Å². The van der Waals surface area contributed by atoms with Crippen molar-refractivity contribution in [2.24, 2.45) is 11.0 Å². The fraction of sp³-hybridized carbons (Fsp3) is 0.474. The molecule has 2 N–H and O–H groups in total. The zero-order valence-corrected chi connectivity index (χ0v) is 16.0. The molecule has 1 rings (SSSR count). The zero-order valence-electron chi connectivity index (χ0n) is 16.0. The van der Waals surface area contributed by atoms with E-state index in [1.165, 1.54) is 0 Å². The number of rotatable bonds is 8. The minimum atomic E-state index is -0.539. The van der Waals surface area contributed by atoms with Crippen LogP contribution >= 0.6 is 0 Å². The van der Waals surface area contributed by atoms with Gasteiger partial charge in [-0.25, -0.2) is 5.43 Å². The van der Waals surface area contributed by atoms with Gasteiger partial charge in [0.05, 0.1) is 12.5 Å². The number of carbonyl (C=O) groups excluding carboxylic acids is 3. The maximum atomic E-state index is 12.0. The van der Waals surface area contributed by atoms with Crippen molar-refractivity contribution in [3.63, 3.8) is 0 Å². The maximum Gasteiger partial charge on any atom is 0.314 e. The third-order valence-electron chi connectivity index (χ3n) is 3.86. The Balaban J connectivity index is 2.44. The van der Waals surface area contributed by atoms with Crippen LogP contribution in [0.3, 0.4) is 0 Å². The Morgan fingerprint density at radius 2 is 1.81 bits per heavy atom. The summed E-state index contributed by atoms with van der Waals surface area (Å²) in [4.78, 5) is 35.4. The normalized spacial score (nSPS) is 12.3. The highest BCUT2D eigenvalue weighted by atomic mass is 16.5. The predicted octanol–water partition coefficient (Wildman–Crippen LogP) is 2.71. The molecule has 1 unspecified atom stereocenters. The van der Waals surface area contributed by atoms with Crippen molar-refractivity contribution in [1.82, 2.24) is 5.43 Å². The van der Waals surface area contributed by atoms with E-state index >= 15 is 0 Å². The fourth-order valence-corrected chi connectivity index (χ4v) is 2.13. The van der Waals surface area contributed by atoms with Gasteiger partial charge in [-0.3, -0.25) is 14.4 Å². The molecule has 7 heteroatoms. The number of aryl methyl sites for hydroxylation is 2. The van der Waals surface area contributed by atoms with Gasteiger partial charge in [-0.05, 0) is 46.2 Å². The van der Waals surface area contributed by atoms with Gasteiger partial charge in [0.25, 0.3) is 0 Å². The number of benzene rings is 1. The van der Waals surface area contributed by atoms with Crippen molar-refractivity contribution in [1.29, 1.82) is 0 Å². The van der Waals surface area contributed by atoms with E-state index in [1.807, 2.05) is 32.0 Å². The van der Waals surface area contributed by atoms with Gasteiger partial charge in [0, 0.05) is 24.2 Å². The van der Waals surface area contributed by atoms with Crippen LogP contribution in [0.1, 0.15) is 44.7 Å². The second-order valence-corrected chi connectivity index (χ2v) is 6.13. The summed E-state index contributed by atoms with van der Waals surface area (Å²) in [7, 11) is 0. The topological polar surface area (TPSA) is 96.9 Å². The van der Waals surface area contributed by atoms with Crippen molar-refractivity contribution < 1.29 is 19.1 Å². The lowest BCUT2D eigenvalue weighted by molar-refractivity contribution is -0.145.